The van der Waals surface area contributed by atoms with Crippen LogP contribution < -0.4 is 0 Å². The zero-order chi connectivity index (χ0) is 18.8. The van der Waals surface area contributed by atoms with Crippen molar-refractivity contribution in [2.75, 3.05) is 26.2 Å². The highest BCUT2D eigenvalue weighted by atomic mass is 35.5. The lowest BCUT2D eigenvalue weighted by molar-refractivity contribution is 0.0624. The molecule has 27 heavy (non-hydrogen) atoms. The fraction of sp³-hybridized carbons (Fsp3) is 0.375. The standard InChI is InChI=1S/C16H17ClN8O2/c1-11-19-15(20-27-11)9-23-4-6-24(7-5-23)16(26)13-8-12(17)2-3-14(13)25-10-18-21-22-25/h2-3,8,10H,4-7,9H2,1H3. The number of benzene rings is 1. The van der Waals surface area contributed by atoms with Gasteiger partial charge in [-0.05, 0) is 28.6 Å². The summed E-state index contributed by atoms with van der Waals surface area (Å²) in [4.78, 5) is 21.3. The third-order valence-electron chi connectivity index (χ3n) is 4.38. The normalized spacial score (nSPS) is 15.3. The van der Waals surface area contributed by atoms with E-state index in [0.29, 0.717) is 47.6 Å². The third-order valence-corrected chi connectivity index (χ3v) is 4.61. The predicted octanol–water partition coefficient (Wildman–Crippen LogP) is 0.965. The summed E-state index contributed by atoms with van der Waals surface area (Å²) in [6.45, 7) is 5.00. The van der Waals surface area contributed by atoms with Crippen LogP contribution in [0.2, 0.25) is 5.02 Å². The van der Waals surface area contributed by atoms with Crippen molar-refractivity contribution in [3.8, 4) is 5.69 Å². The maximum absolute atomic E-state index is 13.1. The van der Waals surface area contributed by atoms with Gasteiger partial charge in [0.25, 0.3) is 5.91 Å². The lowest BCUT2D eigenvalue weighted by Crippen LogP contribution is -2.48. The molecule has 11 heteroatoms. The number of carbonyl (C=O) groups is 1. The van der Waals surface area contributed by atoms with Crippen LogP contribution >= 0.6 is 11.6 Å². The number of hydrogen-bond donors (Lipinski definition) is 0. The van der Waals surface area contributed by atoms with E-state index in [1.807, 2.05) is 0 Å². The smallest absolute Gasteiger partial charge is 0.256 e. The van der Waals surface area contributed by atoms with Crippen molar-refractivity contribution in [2.24, 2.45) is 0 Å². The quantitative estimate of drug-likeness (QED) is 0.650. The average molecular weight is 389 g/mol. The molecule has 0 unspecified atom stereocenters. The van der Waals surface area contributed by atoms with Crippen LogP contribution in [0.15, 0.2) is 29.0 Å². The van der Waals surface area contributed by atoms with Gasteiger partial charge in [-0.3, -0.25) is 9.69 Å². The SMILES string of the molecule is Cc1nc(CN2CCN(C(=O)c3cc(Cl)ccc3-n3cnnn3)CC2)no1. The van der Waals surface area contributed by atoms with E-state index in [1.165, 1.54) is 11.0 Å². The molecule has 1 saturated heterocycles. The van der Waals surface area contributed by atoms with E-state index in [-0.39, 0.29) is 5.91 Å². The van der Waals surface area contributed by atoms with Crippen LogP contribution in [-0.2, 0) is 6.54 Å². The molecule has 1 amide bonds. The molecule has 0 N–H and O–H groups in total. The fourth-order valence-corrected chi connectivity index (χ4v) is 3.21. The number of nitrogens with zero attached hydrogens (tertiary/aromatic N) is 8. The zero-order valence-corrected chi connectivity index (χ0v) is 15.4. The molecule has 1 aliphatic heterocycles. The first-order chi connectivity index (χ1) is 13.1. The molecule has 4 rings (SSSR count). The minimum Gasteiger partial charge on any atom is -0.340 e. The van der Waals surface area contributed by atoms with Crippen LogP contribution in [0.5, 0.6) is 0 Å². The van der Waals surface area contributed by atoms with Gasteiger partial charge < -0.3 is 9.42 Å². The monoisotopic (exact) mass is 388 g/mol. The van der Waals surface area contributed by atoms with Gasteiger partial charge in [-0.15, -0.1) is 5.10 Å². The number of carbonyl (C=O) groups excluding carboxylic acids is 1. The number of aromatic nitrogens is 6. The van der Waals surface area contributed by atoms with E-state index >= 15 is 0 Å². The highest BCUT2D eigenvalue weighted by Gasteiger charge is 2.25. The average Bonchev–Trinajstić information content (AvgIpc) is 3.34. The number of halogens is 1. The molecule has 3 aromatic rings. The molecule has 2 aromatic heterocycles. The Bertz CT molecular complexity index is 934. The molecule has 0 spiro atoms. The van der Waals surface area contributed by atoms with Crippen molar-refractivity contribution >= 4 is 17.5 Å². The molecule has 10 nitrogen and oxygen atoms in total. The Balaban J connectivity index is 1.46. The van der Waals surface area contributed by atoms with Crippen molar-refractivity contribution in [2.45, 2.75) is 13.5 Å². The summed E-state index contributed by atoms with van der Waals surface area (Å²) in [5.74, 6) is 1.11. The Morgan fingerprint density at radius 1 is 1.26 bits per heavy atom. The number of aryl methyl sites for hydroxylation is 1. The third kappa shape index (κ3) is 3.81. The summed E-state index contributed by atoms with van der Waals surface area (Å²) >= 11 is 6.11. The largest absolute Gasteiger partial charge is 0.340 e. The van der Waals surface area contributed by atoms with Crippen LogP contribution in [-0.4, -0.2) is 72.2 Å². The van der Waals surface area contributed by atoms with E-state index in [0.717, 1.165) is 13.1 Å². The van der Waals surface area contributed by atoms with Gasteiger partial charge in [-0.2, -0.15) is 9.67 Å². The van der Waals surface area contributed by atoms with Crippen LogP contribution in [0.4, 0.5) is 0 Å². The zero-order valence-electron chi connectivity index (χ0n) is 14.6. The number of rotatable bonds is 4. The second kappa shape index (κ2) is 7.41. The number of hydrogen-bond acceptors (Lipinski definition) is 8. The van der Waals surface area contributed by atoms with Crippen molar-refractivity contribution in [3.05, 3.63) is 46.8 Å². The molecular weight excluding hydrogens is 372 g/mol. The van der Waals surface area contributed by atoms with Crippen LogP contribution in [0.25, 0.3) is 5.69 Å². The lowest BCUT2D eigenvalue weighted by atomic mass is 10.1. The molecule has 1 aliphatic rings. The van der Waals surface area contributed by atoms with Gasteiger partial charge in [0.05, 0.1) is 17.8 Å². The second-order valence-corrected chi connectivity index (χ2v) is 6.65. The first kappa shape index (κ1) is 17.6. The first-order valence-electron chi connectivity index (χ1n) is 8.44. The van der Waals surface area contributed by atoms with Crippen LogP contribution in [0.3, 0.4) is 0 Å². The Labute approximate surface area is 159 Å². The highest BCUT2D eigenvalue weighted by Crippen LogP contribution is 2.21. The number of amides is 1. The molecule has 0 atom stereocenters. The van der Waals surface area contributed by atoms with E-state index in [2.05, 4.69) is 30.6 Å². The molecule has 0 radical (unpaired) electrons. The maximum atomic E-state index is 13.1. The van der Waals surface area contributed by atoms with E-state index in [4.69, 9.17) is 16.1 Å². The van der Waals surface area contributed by atoms with Crippen molar-refractivity contribution < 1.29 is 9.32 Å². The maximum Gasteiger partial charge on any atom is 0.256 e. The minimum atomic E-state index is -0.0990. The summed E-state index contributed by atoms with van der Waals surface area (Å²) in [7, 11) is 0. The van der Waals surface area contributed by atoms with E-state index < -0.39 is 0 Å². The van der Waals surface area contributed by atoms with Gasteiger partial charge in [0.15, 0.2) is 5.82 Å². The second-order valence-electron chi connectivity index (χ2n) is 6.21. The molecule has 3 heterocycles. The van der Waals surface area contributed by atoms with Crippen molar-refractivity contribution in [1.29, 1.82) is 0 Å². The van der Waals surface area contributed by atoms with Gasteiger partial charge >= 0.3 is 0 Å². The predicted molar refractivity (Wildman–Crippen MR) is 94.4 cm³/mol. The summed E-state index contributed by atoms with van der Waals surface area (Å²) in [5.41, 5.74) is 1.07. The van der Waals surface area contributed by atoms with Gasteiger partial charge in [0, 0.05) is 38.1 Å². The molecule has 1 fully saturated rings. The van der Waals surface area contributed by atoms with Crippen LogP contribution in [0.1, 0.15) is 22.1 Å². The Morgan fingerprint density at radius 3 is 2.74 bits per heavy atom. The highest BCUT2D eigenvalue weighted by molar-refractivity contribution is 6.31. The summed E-state index contributed by atoms with van der Waals surface area (Å²) < 4.78 is 6.46. The molecular formula is C16H17ClN8O2. The Kier molecular flexibility index (Phi) is 4.82. The van der Waals surface area contributed by atoms with Gasteiger partial charge in [-0.1, -0.05) is 16.8 Å². The van der Waals surface area contributed by atoms with Crippen molar-refractivity contribution in [3.63, 3.8) is 0 Å². The lowest BCUT2D eigenvalue weighted by Gasteiger charge is -2.34. The Hall–Kier alpha value is -2.85. The summed E-state index contributed by atoms with van der Waals surface area (Å²) in [6.07, 6.45) is 1.45. The fourth-order valence-electron chi connectivity index (χ4n) is 3.04. The number of tetrazole rings is 1. The first-order valence-corrected chi connectivity index (χ1v) is 8.81. The Morgan fingerprint density at radius 2 is 2.07 bits per heavy atom. The van der Waals surface area contributed by atoms with E-state index in [1.54, 1.807) is 30.0 Å². The van der Waals surface area contributed by atoms with Crippen LogP contribution in [0, 0.1) is 6.92 Å². The van der Waals surface area contributed by atoms with Gasteiger partial charge in [0.2, 0.25) is 5.89 Å². The number of piperazine rings is 1. The molecule has 0 saturated carbocycles. The van der Waals surface area contributed by atoms with Gasteiger partial charge in [-0.25, -0.2) is 0 Å². The molecule has 1 aromatic carbocycles. The van der Waals surface area contributed by atoms with Crippen molar-refractivity contribution in [1.82, 2.24) is 40.1 Å². The van der Waals surface area contributed by atoms with E-state index in [9.17, 15) is 4.79 Å². The topological polar surface area (TPSA) is 106 Å². The molecule has 140 valence electrons. The molecule has 0 aliphatic carbocycles. The minimum absolute atomic E-state index is 0.0990. The van der Waals surface area contributed by atoms with Gasteiger partial charge in [0.1, 0.15) is 6.33 Å². The summed E-state index contributed by atoms with van der Waals surface area (Å²) in [6, 6.07) is 5.09. The summed E-state index contributed by atoms with van der Waals surface area (Å²) in [5, 5.41) is 15.5. The molecule has 0 bridgehead atoms.